The Hall–Kier alpha value is -5.55. The van der Waals surface area contributed by atoms with Crippen molar-refractivity contribution in [3.05, 3.63) is 11.6 Å². The second-order valence-electron chi connectivity index (χ2n) is 12.3. The number of amides is 4. The SMILES string of the molecule is COC(=O)C(CCC/C=C(\CCC(NC(=O)C(F)(F)F)C(=O)OC)CN(CC(CCC(NC(=O)C(F)(F)F)C(=O)OC)OC(=O)C(F)(F)F)C(=O)C(F)(F)F)NC(=O)C(F)(F)F. The number of alkyl halides is 15. The lowest BCUT2D eigenvalue weighted by molar-refractivity contribution is -0.207. The van der Waals surface area contributed by atoms with Crippen molar-refractivity contribution in [2.24, 2.45) is 0 Å². The lowest BCUT2D eigenvalue weighted by Crippen LogP contribution is -2.49. The number of allylic oxidation sites excluding steroid dienone is 1. The molecule has 0 spiro atoms. The van der Waals surface area contributed by atoms with Crippen LogP contribution < -0.4 is 16.0 Å². The first kappa shape index (κ1) is 56.5. The van der Waals surface area contributed by atoms with Crippen LogP contribution in [0.1, 0.15) is 44.9 Å². The highest BCUT2D eigenvalue weighted by molar-refractivity contribution is 5.89. The fraction of sp³-hybridized carbons (Fsp3) is 0.677. The molecule has 4 unspecified atom stereocenters. The van der Waals surface area contributed by atoms with Crippen molar-refractivity contribution in [3.63, 3.8) is 0 Å². The molecule has 16 nitrogen and oxygen atoms in total. The number of rotatable bonds is 21. The van der Waals surface area contributed by atoms with E-state index in [1.54, 1.807) is 0 Å². The third-order valence-corrected chi connectivity index (χ3v) is 7.66. The van der Waals surface area contributed by atoms with Gasteiger partial charge in [0.15, 0.2) is 0 Å². The molecule has 0 aliphatic heterocycles. The Morgan fingerprint density at radius 3 is 1.27 bits per heavy atom. The fourth-order valence-corrected chi connectivity index (χ4v) is 4.75. The van der Waals surface area contributed by atoms with Crippen LogP contribution in [0.4, 0.5) is 65.9 Å². The maximum absolute atomic E-state index is 13.9. The molecular formula is C31H35F15N4O12. The number of nitrogens with one attached hydrogen (secondary N) is 3. The van der Waals surface area contributed by atoms with Gasteiger partial charge in [-0.2, -0.15) is 65.9 Å². The third-order valence-electron chi connectivity index (χ3n) is 7.66. The van der Waals surface area contributed by atoms with Crippen LogP contribution >= 0.6 is 0 Å². The van der Waals surface area contributed by atoms with Gasteiger partial charge >= 0.3 is 78.4 Å². The molecule has 0 aromatic rings. The Morgan fingerprint density at radius 1 is 0.532 bits per heavy atom. The normalized spacial score (nSPS) is 14.6. The molecule has 0 saturated carbocycles. The number of esters is 4. The molecule has 4 amide bonds. The van der Waals surface area contributed by atoms with Crippen LogP contribution in [-0.4, -0.2) is 142 Å². The van der Waals surface area contributed by atoms with Crippen LogP contribution in [0.2, 0.25) is 0 Å². The van der Waals surface area contributed by atoms with Crippen LogP contribution in [0, 0.1) is 0 Å². The van der Waals surface area contributed by atoms with Crippen LogP contribution in [0.3, 0.4) is 0 Å². The monoisotopic (exact) mass is 940 g/mol. The third kappa shape index (κ3) is 20.3. The summed E-state index contributed by atoms with van der Waals surface area (Å²) in [4.78, 5) is 94.7. The van der Waals surface area contributed by atoms with Crippen LogP contribution in [0.15, 0.2) is 11.6 Å². The van der Waals surface area contributed by atoms with E-state index in [0.29, 0.717) is 21.3 Å². The number of hydrogen-bond donors (Lipinski definition) is 3. The largest absolute Gasteiger partial charge is 0.490 e. The van der Waals surface area contributed by atoms with Gasteiger partial charge in [-0.15, -0.1) is 0 Å². The van der Waals surface area contributed by atoms with Crippen LogP contribution in [-0.2, 0) is 57.3 Å². The van der Waals surface area contributed by atoms with E-state index in [4.69, 9.17) is 0 Å². The van der Waals surface area contributed by atoms with Gasteiger partial charge in [0.25, 0.3) is 0 Å². The molecule has 0 fully saturated rings. The van der Waals surface area contributed by atoms with E-state index >= 15 is 0 Å². The minimum Gasteiger partial charge on any atom is -0.467 e. The van der Waals surface area contributed by atoms with Gasteiger partial charge in [-0.3, -0.25) is 19.2 Å². The van der Waals surface area contributed by atoms with Gasteiger partial charge in [0.2, 0.25) is 0 Å². The predicted octanol–water partition coefficient (Wildman–Crippen LogP) is 3.17. The van der Waals surface area contributed by atoms with Crippen molar-refractivity contribution >= 4 is 47.5 Å². The molecule has 0 bridgehead atoms. The summed E-state index contributed by atoms with van der Waals surface area (Å²) in [6.45, 7) is -3.30. The lowest BCUT2D eigenvalue weighted by Gasteiger charge is -2.30. The summed E-state index contributed by atoms with van der Waals surface area (Å²) in [7, 11) is 1.87. The summed E-state index contributed by atoms with van der Waals surface area (Å²) in [5.74, 6) is -19.1. The van der Waals surface area contributed by atoms with Gasteiger partial charge in [0.05, 0.1) is 27.9 Å². The predicted molar refractivity (Wildman–Crippen MR) is 169 cm³/mol. The number of hydrogen-bond acceptors (Lipinski definition) is 12. The molecule has 0 heterocycles. The van der Waals surface area contributed by atoms with E-state index in [9.17, 15) is 104 Å². The molecule has 62 heavy (non-hydrogen) atoms. The highest BCUT2D eigenvalue weighted by atomic mass is 19.4. The number of methoxy groups -OCH3 is 3. The summed E-state index contributed by atoms with van der Waals surface area (Å²) in [5.41, 5.74) is -0.613. The van der Waals surface area contributed by atoms with Crippen molar-refractivity contribution in [2.75, 3.05) is 34.4 Å². The zero-order valence-corrected chi connectivity index (χ0v) is 31.8. The van der Waals surface area contributed by atoms with Crippen molar-refractivity contribution in [2.45, 2.75) is 100 Å². The minimum absolute atomic E-state index is 0.413. The first-order valence-electron chi connectivity index (χ1n) is 16.8. The van der Waals surface area contributed by atoms with Gasteiger partial charge in [-0.25, -0.2) is 19.2 Å². The van der Waals surface area contributed by atoms with Crippen LogP contribution in [0.25, 0.3) is 0 Å². The average Bonchev–Trinajstić information content (AvgIpc) is 3.14. The van der Waals surface area contributed by atoms with Gasteiger partial charge in [0.1, 0.15) is 24.2 Å². The topological polar surface area (TPSA) is 213 Å². The van der Waals surface area contributed by atoms with Gasteiger partial charge < -0.3 is 39.8 Å². The number of unbranched alkanes of at least 4 members (excludes halogenated alkanes) is 1. The summed E-state index contributed by atoms with van der Waals surface area (Å²) >= 11 is 0. The quantitative estimate of drug-likeness (QED) is 0.0498. The molecule has 0 aliphatic rings. The highest BCUT2D eigenvalue weighted by Crippen LogP contribution is 2.26. The summed E-state index contributed by atoms with van der Waals surface area (Å²) in [5, 5.41) is 3.60. The van der Waals surface area contributed by atoms with Gasteiger partial charge in [-0.1, -0.05) is 11.6 Å². The average molecular weight is 941 g/mol. The Bertz CT molecular complexity index is 1630. The lowest BCUT2D eigenvalue weighted by atomic mass is 10.0. The van der Waals surface area contributed by atoms with E-state index in [2.05, 4.69) is 18.9 Å². The molecule has 4 atom stereocenters. The zero-order chi connectivity index (χ0) is 48.6. The second-order valence-corrected chi connectivity index (χ2v) is 12.3. The first-order chi connectivity index (χ1) is 28.1. The standard InChI is InChI=1S/C31H35F15N4O12/c1-59-19(51)16(47-22(54)27(32,33)34)7-5-4-6-14(8-10-17(20(52)60-2)48-23(55)28(35,36)37)12-50(25(57)30(41,42)43)13-15(62-26(58)31(44,45)46)9-11-18(21(53)61-3)49-24(56)29(38,39)40/h6,15-18H,4-5,7-13H2,1-3H3,(H,47,54)(H,48,55)(H,49,56)/b14-6+. The van der Waals surface area contributed by atoms with Gasteiger partial charge in [0, 0.05) is 6.54 Å². The van der Waals surface area contributed by atoms with E-state index < -0.39 is 171 Å². The van der Waals surface area contributed by atoms with Crippen LogP contribution in [0.5, 0.6) is 0 Å². The molecule has 356 valence electrons. The summed E-state index contributed by atoms with van der Waals surface area (Å²) < 4.78 is 214. The fourth-order valence-electron chi connectivity index (χ4n) is 4.75. The number of nitrogens with zero attached hydrogens (tertiary/aromatic N) is 1. The number of carbonyl (C=O) groups excluding carboxylic acids is 8. The number of halogens is 15. The molecule has 0 aromatic carbocycles. The van der Waals surface area contributed by atoms with Crippen molar-refractivity contribution in [3.8, 4) is 0 Å². The number of carbonyl (C=O) groups is 8. The summed E-state index contributed by atoms with van der Waals surface area (Å²) in [6.07, 6.45) is -37.1. The molecule has 0 aliphatic carbocycles. The smallest absolute Gasteiger partial charge is 0.467 e. The molecular weight excluding hydrogens is 905 g/mol. The summed E-state index contributed by atoms with van der Waals surface area (Å²) in [6, 6.07) is -6.73. The van der Waals surface area contributed by atoms with E-state index in [0.717, 1.165) is 11.4 Å². The maximum Gasteiger partial charge on any atom is 0.490 e. The van der Waals surface area contributed by atoms with E-state index in [1.807, 2.05) is 0 Å². The molecule has 0 saturated heterocycles. The highest BCUT2D eigenvalue weighted by Gasteiger charge is 2.47. The molecule has 0 aromatic heterocycles. The minimum atomic E-state index is -5.97. The maximum atomic E-state index is 13.9. The molecule has 0 rings (SSSR count). The molecule has 3 N–H and O–H groups in total. The number of ether oxygens (including phenoxy) is 4. The molecule has 31 heteroatoms. The van der Waals surface area contributed by atoms with Gasteiger partial charge in [-0.05, 0) is 44.9 Å². The van der Waals surface area contributed by atoms with Crippen molar-refractivity contribution in [1.29, 1.82) is 0 Å². The van der Waals surface area contributed by atoms with Crippen molar-refractivity contribution < 1.29 is 123 Å². The Kier molecular flexibility index (Phi) is 21.5. The zero-order valence-electron chi connectivity index (χ0n) is 31.8. The Morgan fingerprint density at radius 2 is 0.919 bits per heavy atom. The second kappa shape index (κ2) is 23.6. The Labute approximate surface area is 338 Å². The molecule has 0 radical (unpaired) electrons. The van der Waals surface area contributed by atoms with E-state index in [-0.39, 0.29) is 0 Å². The van der Waals surface area contributed by atoms with Crippen molar-refractivity contribution in [1.82, 2.24) is 20.9 Å². The van der Waals surface area contributed by atoms with E-state index in [1.165, 1.54) is 10.6 Å². The first-order valence-corrected chi connectivity index (χ1v) is 16.8. The Balaban J connectivity index is 7.18.